The molecule has 0 aliphatic rings. The van der Waals surface area contributed by atoms with Gasteiger partial charge >= 0.3 is 0 Å². The Morgan fingerprint density at radius 2 is 1.94 bits per heavy atom. The van der Waals surface area contributed by atoms with Gasteiger partial charge in [0.05, 0.1) is 0 Å². The summed E-state index contributed by atoms with van der Waals surface area (Å²) in [5.41, 5.74) is 7.68. The van der Waals surface area contributed by atoms with Crippen LogP contribution in [0.15, 0.2) is 36.5 Å². The highest BCUT2D eigenvalue weighted by Gasteiger charge is 2.03. The van der Waals surface area contributed by atoms with Crippen LogP contribution in [0.4, 0.5) is 4.39 Å². The molecule has 0 amide bonds. The van der Waals surface area contributed by atoms with Crippen LogP contribution < -0.4 is 5.73 Å². The van der Waals surface area contributed by atoms with E-state index < -0.39 is 0 Å². The van der Waals surface area contributed by atoms with Crippen molar-refractivity contribution in [3.05, 3.63) is 59.4 Å². The maximum atomic E-state index is 12.8. The zero-order valence-electron chi connectivity index (χ0n) is 10.3. The van der Waals surface area contributed by atoms with E-state index in [9.17, 15) is 4.39 Å². The Labute approximate surface area is 106 Å². The Bertz CT molecular complexity index is 509. The third-order valence-corrected chi connectivity index (χ3v) is 2.57. The Balaban J connectivity index is 2.11. The average molecular weight is 245 g/mol. The van der Waals surface area contributed by atoms with Gasteiger partial charge in [0, 0.05) is 30.8 Å². The van der Waals surface area contributed by atoms with Crippen molar-refractivity contribution in [1.82, 2.24) is 9.97 Å². The molecule has 0 saturated heterocycles. The molecule has 0 saturated carbocycles. The van der Waals surface area contributed by atoms with Gasteiger partial charge in [-0.15, -0.1) is 0 Å². The van der Waals surface area contributed by atoms with Crippen LogP contribution in [0, 0.1) is 5.82 Å². The lowest BCUT2D eigenvalue weighted by Gasteiger charge is -2.06. The fraction of sp³-hybridized carbons (Fsp3) is 0.286. The van der Waals surface area contributed by atoms with E-state index in [-0.39, 0.29) is 11.9 Å². The third-order valence-electron chi connectivity index (χ3n) is 2.57. The molecule has 1 aromatic carbocycles. The van der Waals surface area contributed by atoms with Crippen LogP contribution in [0.3, 0.4) is 0 Å². The van der Waals surface area contributed by atoms with E-state index >= 15 is 0 Å². The van der Waals surface area contributed by atoms with Crippen LogP contribution in [0.25, 0.3) is 0 Å². The van der Waals surface area contributed by atoms with Gasteiger partial charge < -0.3 is 5.73 Å². The summed E-state index contributed by atoms with van der Waals surface area (Å²) in [5.74, 6) is 0.505. The van der Waals surface area contributed by atoms with Crippen LogP contribution in [0.5, 0.6) is 0 Å². The lowest BCUT2D eigenvalue weighted by atomic mass is 10.1. The van der Waals surface area contributed by atoms with Gasteiger partial charge in [-0.1, -0.05) is 12.1 Å². The van der Waals surface area contributed by atoms with E-state index in [0.29, 0.717) is 6.42 Å². The first-order valence-electron chi connectivity index (χ1n) is 5.94. The van der Waals surface area contributed by atoms with Crippen LogP contribution in [-0.2, 0) is 12.8 Å². The third kappa shape index (κ3) is 3.60. The number of aromatic nitrogens is 2. The van der Waals surface area contributed by atoms with Gasteiger partial charge in [-0.3, -0.25) is 0 Å². The van der Waals surface area contributed by atoms with Gasteiger partial charge in [-0.05, 0) is 30.7 Å². The predicted molar refractivity (Wildman–Crippen MR) is 68.6 cm³/mol. The standard InChI is InChI=1S/C14H16FN3/c1-10(16)8-13-6-7-17-14(18-13)9-11-2-4-12(15)5-3-11/h2-7,10H,8-9,16H2,1H3. The molecule has 0 aliphatic heterocycles. The fourth-order valence-electron chi connectivity index (χ4n) is 1.75. The van der Waals surface area contributed by atoms with Crippen molar-refractivity contribution in [3.63, 3.8) is 0 Å². The van der Waals surface area contributed by atoms with E-state index in [1.807, 2.05) is 13.0 Å². The number of nitrogens with zero attached hydrogens (tertiary/aromatic N) is 2. The molecule has 0 aliphatic carbocycles. The van der Waals surface area contributed by atoms with Gasteiger partial charge in [0.1, 0.15) is 11.6 Å². The van der Waals surface area contributed by atoms with Gasteiger partial charge in [0.15, 0.2) is 0 Å². The molecule has 0 fully saturated rings. The van der Waals surface area contributed by atoms with Crippen LogP contribution in [-0.4, -0.2) is 16.0 Å². The number of hydrogen-bond acceptors (Lipinski definition) is 3. The Morgan fingerprint density at radius 3 is 2.61 bits per heavy atom. The molecular weight excluding hydrogens is 229 g/mol. The molecule has 1 unspecified atom stereocenters. The van der Waals surface area contributed by atoms with E-state index in [4.69, 9.17) is 5.73 Å². The summed E-state index contributed by atoms with van der Waals surface area (Å²) in [7, 11) is 0. The van der Waals surface area contributed by atoms with Crippen LogP contribution in [0.2, 0.25) is 0 Å². The van der Waals surface area contributed by atoms with Crippen molar-refractivity contribution in [1.29, 1.82) is 0 Å². The molecule has 18 heavy (non-hydrogen) atoms. The highest BCUT2D eigenvalue weighted by atomic mass is 19.1. The summed E-state index contributed by atoms with van der Waals surface area (Å²) in [4.78, 5) is 8.66. The smallest absolute Gasteiger partial charge is 0.132 e. The molecular formula is C14H16FN3. The van der Waals surface area contributed by atoms with Crippen molar-refractivity contribution in [2.24, 2.45) is 5.73 Å². The van der Waals surface area contributed by atoms with Crippen LogP contribution >= 0.6 is 0 Å². The lowest BCUT2D eigenvalue weighted by molar-refractivity contribution is 0.627. The molecule has 2 aromatic rings. The monoisotopic (exact) mass is 245 g/mol. The SMILES string of the molecule is CC(N)Cc1ccnc(Cc2ccc(F)cc2)n1. The molecule has 4 heteroatoms. The number of benzene rings is 1. The Morgan fingerprint density at radius 1 is 1.22 bits per heavy atom. The molecule has 3 nitrogen and oxygen atoms in total. The quantitative estimate of drug-likeness (QED) is 0.897. The molecule has 0 spiro atoms. The minimum atomic E-state index is -0.231. The minimum absolute atomic E-state index is 0.0820. The molecule has 1 heterocycles. The second kappa shape index (κ2) is 5.69. The van der Waals surface area contributed by atoms with E-state index in [1.54, 1.807) is 18.3 Å². The molecule has 2 N–H and O–H groups in total. The molecule has 0 radical (unpaired) electrons. The van der Waals surface area contributed by atoms with Gasteiger partial charge in [0.2, 0.25) is 0 Å². The summed E-state index contributed by atoms with van der Waals surface area (Å²) in [6, 6.07) is 8.34. The average Bonchev–Trinajstić information content (AvgIpc) is 2.32. The summed E-state index contributed by atoms with van der Waals surface area (Å²) in [6.07, 6.45) is 3.08. The second-order valence-electron chi connectivity index (χ2n) is 4.45. The van der Waals surface area contributed by atoms with Crippen molar-refractivity contribution in [3.8, 4) is 0 Å². The molecule has 1 aromatic heterocycles. The maximum absolute atomic E-state index is 12.8. The normalized spacial score (nSPS) is 12.4. The molecule has 94 valence electrons. The number of nitrogens with two attached hydrogens (primary N) is 1. The number of halogens is 1. The zero-order valence-corrected chi connectivity index (χ0v) is 10.3. The van der Waals surface area contributed by atoms with E-state index in [1.165, 1.54) is 12.1 Å². The van der Waals surface area contributed by atoms with E-state index in [2.05, 4.69) is 9.97 Å². The van der Waals surface area contributed by atoms with Gasteiger partial charge in [-0.25, -0.2) is 14.4 Å². The van der Waals surface area contributed by atoms with E-state index in [0.717, 1.165) is 23.5 Å². The fourth-order valence-corrected chi connectivity index (χ4v) is 1.75. The van der Waals surface area contributed by atoms with Crippen molar-refractivity contribution >= 4 is 0 Å². The molecule has 0 bridgehead atoms. The first-order valence-corrected chi connectivity index (χ1v) is 5.94. The Hall–Kier alpha value is -1.81. The summed E-state index contributed by atoms with van der Waals surface area (Å²) in [5, 5.41) is 0. The van der Waals surface area contributed by atoms with Crippen LogP contribution in [0.1, 0.15) is 24.0 Å². The molecule has 1 atom stereocenters. The number of rotatable bonds is 4. The van der Waals surface area contributed by atoms with Gasteiger partial charge in [0.25, 0.3) is 0 Å². The topological polar surface area (TPSA) is 51.8 Å². The largest absolute Gasteiger partial charge is 0.328 e. The lowest BCUT2D eigenvalue weighted by Crippen LogP contribution is -2.19. The zero-order chi connectivity index (χ0) is 13.0. The minimum Gasteiger partial charge on any atom is -0.328 e. The van der Waals surface area contributed by atoms with Crippen molar-refractivity contribution < 1.29 is 4.39 Å². The second-order valence-corrected chi connectivity index (χ2v) is 4.45. The maximum Gasteiger partial charge on any atom is 0.132 e. The molecule has 2 rings (SSSR count). The van der Waals surface area contributed by atoms with Gasteiger partial charge in [-0.2, -0.15) is 0 Å². The van der Waals surface area contributed by atoms with Crippen molar-refractivity contribution in [2.75, 3.05) is 0 Å². The first-order chi connectivity index (χ1) is 8.63. The first kappa shape index (κ1) is 12.6. The summed E-state index contributed by atoms with van der Waals surface area (Å²) >= 11 is 0. The Kier molecular flexibility index (Phi) is 3.99. The predicted octanol–water partition coefficient (Wildman–Crippen LogP) is 2.10. The number of hydrogen-bond donors (Lipinski definition) is 1. The highest BCUT2D eigenvalue weighted by Crippen LogP contribution is 2.08. The highest BCUT2D eigenvalue weighted by molar-refractivity contribution is 5.20. The summed E-state index contributed by atoms with van der Waals surface area (Å²) < 4.78 is 12.8. The van der Waals surface area contributed by atoms with Crippen molar-refractivity contribution in [2.45, 2.75) is 25.8 Å². The summed E-state index contributed by atoms with van der Waals surface area (Å²) in [6.45, 7) is 1.95.